The molecule has 1 N–H and O–H groups in total. The molecule has 0 bridgehead atoms. The van der Waals surface area contributed by atoms with Crippen molar-refractivity contribution in [1.82, 2.24) is 0 Å². The van der Waals surface area contributed by atoms with Gasteiger partial charge in [-0.1, -0.05) is 70.2 Å². The zero-order valence-electron chi connectivity index (χ0n) is 22.3. The van der Waals surface area contributed by atoms with Crippen LogP contribution in [0.25, 0.3) is 6.08 Å². The van der Waals surface area contributed by atoms with Crippen molar-refractivity contribution in [3.05, 3.63) is 70.3 Å². The molecule has 0 unspecified atom stereocenters. The van der Waals surface area contributed by atoms with Crippen LogP contribution in [0.2, 0.25) is 0 Å². The van der Waals surface area contributed by atoms with Gasteiger partial charge in [-0.3, -0.25) is 4.79 Å². The van der Waals surface area contributed by atoms with Gasteiger partial charge in [0.2, 0.25) is 0 Å². The van der Waals surface area contributed by atoms with Gasteiger partial charge >= 0.3 is 5.97 Å². The molecule has 190 valence electrons. The van der Waals surface area contributed by atoms with Gasteiger partial charge in [-0.2, -0.15) is 0 Å². The number of carbonyl (C=O) groups excluding carboxylic acids is 1. The monoisotopic (exact) mass is 478 g/mol. The highest BCUT2D eigenvalue weighted by molar-refractivity contribution is 5.71. The van der Waals surface area contributed by atoms with E-state index in [1.165, 1.54) is 16.7 Å². The van der Waals surface area contributed by atoms with Gasteiger partial charge in [0.05, 0.1) is 5.60 Å². The van der Waals surface area contributed by atoms with E-state index >= 15 is 0 Å². The zero-order valence-corrected chi connectivity index (χ0v) is 22.3. The fourth-order valence-corrected chi connectivity index (χ4v) is 5.12. The van der Waals surface area contributed by atoms with Crippen molar-refractivity contribution in [2.45, 2.75) is 97.2 Å². The molecule has 2 aromatic rings. The molecule has 0 amide bonds. The summed E-state index contributed by atoms with van der Waals surface area (Å²) in [5.41, 5.74) is 5.20. The summed E-state index contributed by atoms with van der Waals surface area (Å²) < 4.78 is 11.3. The van der Waals surface area contributed by atoms with Crippen molar-refractivity contribution in [1.29, 1.82) is 0 Å². The topological polar surface area (TPSA) is 55.8 Å². The summed E-state index contributed by atoms with van der Waals surface area (Å²) in [4.78, 5) is 11.3. The summed E-state index contributed by atoms with van der Waals surface area (Å²) in [5, 5.41) is 10.6. The molecule has 35 heavy (non-hydrogen) atoms. The van der Waals surface area contributed by atoms with E-state index in [9.17, 15) is 9.90 Å². The lowest BCUT2D eigenvalue weighted by Crippen LogP contribution is -2.26. The number of hydrogen-bond donors (Lipinski definition) is 1. The van der Waals surface area contributed by atoms with Gasteiger partial charge in [-0.25, -0.2) is 0 Å². The number of aliphatic hydroxyl groups is 1. The molecular weight excluding hydrogens is 436 g/mol. The van der Waals surface area contributed by atoms with Crippen LogP contribution in [0.4, 0.5) is 0 Å². The number of ether oxygens (including phenoxy) is 2. The van der Waals surface area contributed by atoms with Crippen molar-refractivity contribution in [2.75, 3.05) is 6.61 Å². The highest BCUT2D eigenvalue weighted by Crippen LogP contribution is 2.41. The lowest BCUT2D eigenvalue weighted by molar-refractivity contribution is -0.142. The van der Waals surface area contributed by atoms with Crippen LogP contribution < -0.4 is 4.74 Å². The van der Waals surface area contributed by atoms with Gasteiger partial charge in [0.15, 0.2) is 0 Å². The van der Waals surface area contributed by atoms with E-state index in [0.29, 0.717) is 25.9 Å². The van der Waals surface area contributed by atoms with Crippen LogP contribution in [-0.4, -0.2) is 29.4 Å². The van der Waals surface area contributed by atoms with Crippen molar-refractivity contribution < 1.29 is 19.4 Å². The molecule has 1 saturated heterocycles. The molecule has 0 saturated carbocycles. The highest BCUT2D eigenvalue weighted by Gasteiger charge is 2.32. The Labute approximate surface area is 211 Å². The van der Waals surface area contributed by atoms with Crippen molar-refractivity contribution in [2.24, 2.45) is 0 Å². The first-order chi connectivity index (χ1) is 16.7. The summed E-state index contributed by atoms with van der Waals surface area (Å²) in [7, 11) is 0. The first-order valence-corrected chi connectivity index (χ1v) is 13.2. The summed E-state index contributed by atoms with van der Waals surface area (Å²) in [6, 6.07) is 13.2. The Balaban J connectivity index is 1.86. The first-order valence-electron chi connectivity index (χ1n) is 13.2. The van der Waals surface area contributed by atoms with E-state index in [2.05, 4.69) is 70.2 Å². The number of hydrogen-bond acceptors (Lipinski definition) is 4. The average Bonchev–Trinajstić information content (AvgIpc) is 3.28. The molecule has 1 heterocycles. The molecule has 3 rings (SSSR count). The molecule has 1 aliphatic heterocycles. The maximum atomic E-state index is 11.3. The Hall–Kier alpha value is -2.59. The largest absolute Gasteiger partial charge is 0.489 e. The van der Waals surface area contributed by atoms with Crippen LogP contribution in [0.3, 0.4) is 0 Å². The van der Waals surface area contributed by atoms with Crippen molar-refractivity contribution >= 4 is 12.0 Å². The fraction of sp³-hybridized carbons (Fsp3) is 0.516. The molecule has 4 heteroatoms. The van der Waals surface area contributed by atoms with Crippen LogP contribution in [0.5, 0.6) is 5.75 Å². The second-order valence-corrected chi connectivity index (χ2v) is 9.95. The van der Waals surface area contributed by atoms with E-state index in [4.69, 9.17) is 9.47 Å². The standard InChI is InChI=1S/C31H42O4/c1-7-30(33,8-2)18-17-24-11-12-25(19-22(24)5)31(9-3,10-4)26-13-15-28(23(6)20-26)34-21-27-14-16-29(32)35-27/h11-13,15,17-20,27,33H,7-10,14,16,21H2,1-6H3/t27-/m1/s1. The second-order valence-electron chi connectivity index (χ2n) is 9.95. The normalized spacial score (nSPS) is 16.7. The predicted octanol–water partition coefficient (Wildman–Crippen LogP) is 7.06. The number of cyclic esters (lactones) is 1. The first kappa shape index (κ1) is 27.0. The van der Waals surface area contributed by atoms with Crippen LogP contribution >= 0.6 is 0 Å². The Bertz CT molecular complexity index is 1040. The maximum Gasteiger partial charge on any atom is 0.306 e. The molecule has 1 fully saturated rings. The summed E-state index contributed by atoms with van der Waals surface area (Å²) in [5.74, 6) is 0.707. The van der Waals surface area contributed by atoms with Gasteiger partial charge in [0, 0.05) is 11.8 Å². The lowest BCUT2D eigenvalue weighted by atomic mass is 9.70. The molecule has 4 nitrogen and oxygen atoms in total. The molecule has 0 aliphatic carbocycles. The summed E-state index contributed by atoms with van der Waals surface area (Å²) in [6.45, 7) is 13.2. The Morgan fingerprint density at radius 3 is 2.11 bits per heavy atom. The Morgan fingerprint density at radius 1 is 0.971 bits per heavy atom. The maximum absolute atomic E-state index is 11.3. The zero-order chi connectivity index (χ0) is 25.6. The average molecular weight is 479 g/mol. The van der Waals surface area contributed by atoms with Crippen molar-refractivity contribution in [3.63, 3.8) is 0 Å². The highest BCUT2D eigenvalue weighted by atomic mass is 16.6. The fourth-order valence-electron chi connectivity index (χ4n) is 5.12. The van der Waals surface area contributed by atoms with E-state index in [0.717, 1.165) is 36.1 Å². The van der Waals surface area contributed by atoms with Crippen LogP contribution in [0.1, 0.15) is 94.0 Å². The van der Waals surface area contributed by atoms with Gasteiger partial charge in [0.1, 0.15) is 18.5 Å². The number of aryl methyl sites for hydroxylation is 2. The number of carbonyl (C=O) groups is 1. The smallest absolute Gasteiger partial charge is 0.306 e. The van der Waals surface area contributed by atoms with Gasteiger partial charge in [-0.15, -0.1) is 0 Å². The minimum atomic E-state index is -0.748. The number of esters is 1. The van der Waals surface area contributed by atoms with Crippen LogP contribution in [-0.2, 0) is 14.9 Å². The third kappa shape index (κ3) is 5.98. The molecule has 1 aliphatic rings. The third-order valence-corrected chi connectivity index (χ3v) is 7.95. The van der Waals surface area contributed by atoms with Gasteiger partial charge < -0.3 is 14.6 Å². The SMILES string of the molecule is CCC(O)(C=Cc1ccc(C(CC)(CC)c2ccc(OC[C@H]3CCC(=O)O3)c(C)c2)cc1C)CC. The van der Waals surface area contributed by atoms with Crippen LogP contribution in [0, 0.1) is 13.8 Å². The number of benzene rings is 2. The lowest BCUT2D eigenvalue weighted by Gasteiger charge is -2.34. The summed E-state index contributed by atoms with van der Waals surface area (Å²) in [6.07, 6.45) is 8.45. The quantitative estimate of drug-likeness (QED) is 0.351. The minimum absolute atomic E-state index is 0.0924. The van der Waals surface area contributed by atoms with E-state index in [-0.39, 0.29) is 17.5 Å². The Kier molecular flexibility index (Phi) is 8.82. The predicted molar refractivity (Wildman–Crippen MR) is 143 cm³/mol. The molecule has 1 atom stereocenters. The minimum Gasteiger partial charge on any atom is -0.489 e. The summed E-state index contributed by atoms with van der Waals surface area (Å²) >= 11 is 0. The van der Waals surface area contributed by atoms with E-state index in [1.807, 2.05) is 19.9 Å². The molecule has 2 aromatic carbocycles. The molecular formula is C31H42O4. The molecule has 0 aromatic heterocycles. The Morgan fingerprint density at radius 2 is 1.60 bits per heavy atom. The number of rotatable bonds is 11. The van der Waals surface area contributed by atoms with Gasteiger partial charge in [-0.05, 0) is 79.8 Å². The van der Waals surface area contributed by atoms with Crippen LogP contribution in [0.15, 0.2) is 42.5 Å². The van der Waals surface area contributed by atoms with Gasteiger partial charge in [0.25, 0.3) is 0 Å². The second kappa shape index (κ2) is 11.4. The third-order valence-electron chi connectivity index (χ3n) is 7.95. The van der Waals surface area contributed by atoms with Crippen molar-refractivity contribution in [3.8, 4) is 5.75 Å². The van der Waals surface area contributed by atoms with E-state index < -0.39 is 5.60 Å². The molecule has 0 radical (unpaired) electrons. The molecule has 0 spiro atoms. The van der Waals surface area contributed by atoms with E-state index in [1.54, 1.807) is 0 Å².